The number of hydrogen-bond donors (Lipinski definition) is 1. The van der Waals surface area contributed by atoms with E-state index in [1.54, 1.807) is 23.1 Å². The molecule has 1 aromatic heterocycles. The molecule has 1 heterocycles. The first-order valence-corrected chi connectivity index (χ1v) is 8.17. The van der Waals surface area contributed by atoms with Crippen molar-refractivity contribution >= 4 is 28.2 Å². The average Bonchev–Trinajstić information content (AvgIpc) is 2.85. The van der Waals surface area contributed by atoms with Crippen molar-refractivity contribution in [1.29, 1.82) is 0 Å². The fourth-order valence-electron chi connectivity index (χ4n) is 1.90. The van der Waals surface area contributed by atoms with E-state index in [-0.39, 0.29) is 11.3 Å². The first-order chi connectivity index (χ1) is 9.49. The maximum Gasteiger partial charge on any atom is 0.208 e. The third-order valence-electron chi connectivity index (χ3n) is 2.98. The average molecular weight is 308 g/mol. The number of hydrogen-bond acceptors (Lipinski definition) is 6. The maximum atomic E-state index is 6.18. The molecule has 2 aromatic rings. The first-order valence-electron chi connectivity index (χ1n) is 6.47. The van der Waals surface area contributed by atoms with Gasteiger partial charge in [0.25, 0.3) is 0 Å². The van der Waals surface area contributed by atoms with Crippen LogP contribution >= 0.6 is 23.1 Å². The van der Waals surface area contributed by atoms with Crippen molar-refractivity contribution in [3.05, 3.63) is 35.4 Å². The summed E-state index contributed by atoms with van der Waals surface area (Å²) in [6.07, 6.45) is 0. The number of thioether (sulfide) groups is 1. The van der Waals surface area contributed by atoms with Gasteiger partial charge in [0.05, 0.1) is 5.25 Å². The zero-order valence-electron chi connectivity index (χ0n) is 12.2. The van der Waals surface area contributed by atoms with Gasteiger partial charge >= 0.3 is 0 Å². The van der Waals surface area contributed by atoms with E-state index in [0.717, 1.165) is 9.47 Å². The highest BCUT2D eigenvalue weighted by Gasteiger charge is 2.21. The summed E-state index contributed by atoms with van der Waals surface area (Å²) in [5, 5.41) is 9.54. The van der Waals surface area contributed by atoms with Crippen LogP contribution in [0.3, 0.4) is 0 Å². The van der Waals surface area contributed by atoms with E-state index in [0.29, 0.717) is 0 Å². The zero-order chi connectivity index (χ0) is 14.7. The Kier molecular flexibility index (Phi) is 5.01. The Bertz CT molecular complexity index is 566. The Balaban J connectivity index is 2.24. The molecule has 0 fully saturated rings. The second kappa shape index (κ2) is 6.56. The van der Waals surface area contributed by atoms with E-state index in [4.69, 9.17) is 5.73 Å². The van der Waals surface area contributed by atoms with Crippen molar-refractivity contribution in [2.75, 3.05) is 19.0 Å². The van der Waals surface area contributed by atoms with E-state index < -0.39 is 0 Å². The van der Waals surface area contributed by atoms with Gasteiger partial charge in [0, 0.05) is 20.1 Å². The summed E-state index contributed by atoms with van der Waals surface area (Å²) in [7, 11) is 3.94. The number of anilines is 1. The van der Waals surface area contributed by atoms with E-state index in [1.165, 1.54) is 11.1 Å². The first kappa shape index (κ1) is 15.3. The van der Waals surface area contributed by atoms with Crippen LogP contribution in [0.5, 0.6) is 0 Å². The Labute approximate surface area is 128 Å². The van der Waals surface area contributed by atoms with E-state index in [1.807, 2.05) is 25.9 Å². The summed E-state index contributed by atoms with van der Waals surface area (Å²) in [5.41, 5.74) is 8.71. The zero-order valence-corrected chi connectivity index (χ0v) is 13.8. The molecule has 6 heteroatoms. The molecule has 1 aromatic carbocycles. The number of aryl methyl sites for hydroxylation is 1. The third-order valence-corrected chi connectivity index (χ3v) is 5.62. The van der Waals surface area contributed by atoms with Gasteiger partial charge < -0.3 is 10.6 Å². The SMILES string of the molecule is Cc1ccccc1C(Sc1nnc(N(C)C)s1)C(C)N. The molecular formula is C14H20N4S2. The van der Waals surface area contributed by atoms with Gasteiger partial charge in [0.2, 0.25) is 5.13 Å². The van der Waals surface area contributed by atoms with Crippen molar-refractivity contribution in [3.63, 3.8) is 0 Å². The van der Waals surface area contributed by atoms with Crippen LogP contribution in [-0.2, 0) is 0 Å². The van der Waals surface area contributed by atoms with Gasteiger partial charge in [0.15, 0.2) is 4.34 Å². The molecule has 0 saturated heterocycles. The normalized spacial score (nSPS) is 14.1. The Hall–Kier alpha value is -1.11. The molecule has 0 aliphatic heterocycles. The van der Waals surface area contributed by atoms with Crippen LogP contribution in [0.15, 0.2) is 28.6 Å². The number of benzene rings is 1. The topological polar surface area (TPSA) is 55.0 Å². The van der Waals surface area contributed by atoms with Gasteiger partial charge in [-0.1, -0.05) is 47.4 Å². The van der Waals surface area contributed by atoms with Crippen LogP contribution in [0.1, 0.15) is 23.3 Å². The minimum absolute atomic E-state index is 0.0489. The van der Waals surface area contributed by atoms with Crippen LogP contribution in [0.4, 0.5) is 5.13 Å². The molecule has 0 saturated carbocycles. The molecule has 0 amide bonds. The number of nitrogens with two attached hydrogens (primary N) is 1. The van der Waals surface area contributed by atoms with E-state index >= 15 is 0 Å². The van der Waals surface area contributed by atoms with Crippen LogP contribution in [0.25, 0.3) is 0 Å². The molecular weight excluding hydrogens is 288 g/mol. The van der Waals surface area contributed by atoms with Gasteiger partial charge in [-0.3, -0.25) is 0 Å². The monoisotopic (exact) mass is 308 g/mol. The summed E-state index contributed by atoms with van der Waals surface area (Å²) in [6.45, 7) is 4.16. The molecule has 4 nitrogen and oxygen atoms in total. The molecule has 0 radical (unpaired) electrons. The summed E-state index contributed by atoms with van der Waals surface area (Å²) in [5.74, 6) is 0. The third kappa shape index (κ3) is 3.50. The van der Waals surface area contributed by atoms with Gasteiger partial charge in [-0.05, 0) is 25.0 Å². The van der Waals surface area contributed by atoms with E-state index in [2.05, 4.69) is 41.4 Å². The number of rotatable bonds is 5. The Morgan fingerprint density at radius 2 is 1.95 bits per heavy atom. The molecule has 0 aliphatic carbocycles. The molecule has 0 bridgehead atoms. The molecule has 108 valence electrons. The fourth-order valence-corrected chi connectivity index (χ4v) is 4.04. The molecule has 0 spiro atoms. The fraction of sp³-hybridized carbons (Fsp3) is 0.429. The van der Waals surface area contributed by atoms with Crippen molar-refractivity contribution in [3.8, 4) is 0 Å². The summed E-state index contributed by atoms with van der Waals surface area (Å²) >= 11 is 3.29. The Morgan fingerprint density at radius 3 is 2.50 bits per heavy atom. The van der Waals surface area contributed by atoms with E-state index in [9.17, 15) is 0 Å². The smallest absolute Gasteiger partial charge is 0.208 e. The van der Waals surface area contributed by atoms with Gasteiger partial charge in [-0.15, -0.1) is 10.2 Å². The summed E-state index contributed by atoms with van der Waals surface area (Å²) < 4.78 is 0.958. The minimum Gasteiger partial charge on any atom is -0.353 e. The lowest BCUT2D eigenvalue weighted by Gasteiger charge is -2.21. The molecule has 2 N–H and O–H groups in total. The number of aromatic nitrogens is 2. The molecule has 2 rings (SSSR count). The standard InChI is InChI=1S/C14H20N4S2/c1-9-7-5-6-8-11(9)12(10(2)15)19-14-17-16-13(20-14)18(3)4/h5-8,10,12H,15H2,1-4H3. The second-order valence-electron chi connectivity index (χ2n) is 5.00. The highest BCUT2D eigenvalue weighted by Crippen LogP contribution is 2.40. The van der Waals surface area contributed by atoms with Crippen LogP contribution < -0.4 is 10.6 Å². The number of nitrogens with zero attached hydrogens (tertiary/aromatic N) is 3. The van der Waals surface area contributed by atoms with Crippen molar-refractivity contribution < 1.29 is 0 Å². The molecule has 2 unspecified atom stereocenters. The summed E-state index contributed by atoms with van der Waals surface area (Å²) in [6, 6.07) is 8.43. The van der Waals surface area contributed by atoms with Gasteiger partial charge in [-0.2, -0.15) is 0 Å². The predicted octanol–water partition coefficient (Wildman–Crippen LogP) is 3.09. The molecule has 20 heavy (non-hydrogen) atoms. The quantitative estimate of drug-likeness (QED) is 0.860. The van der Waals surface area contributed by atoms with Gasteiger partial charge in [0.1, 0.15) is 0 Å². The lowest BCUT2D eigenvalue weighted by molar-refractivity contribution is 0.717. The maximum absolute atomic E-state index is 6.18. The van der Waals surface area contributed by atoms with Crippen LogP contribution in [0, 0.1) is 6.92 Å². The molecule has 2 atom stereocenters. The Morgan fingerprint density at radius 1 is 1.25 bits per heavy atom. The van der Waals surface area contributed by atoms with Gasteiger partial charge in [-0.25, -0.2) is 0 Å². The minimum atomic E-state index is 0.0489. The summed E-state index contributed by atoms with van der Waals surface area (Å²) in [4.78, 5) is 1.97. The van der Waals surface area contributed by atoms with Crippen molar-refractivity contribution in [2.45, 2.75) is 29.5 Å². The lowest BCUT2D eigenvalue weighted by atomic mass is 10.0. The molecule has 0 aliphatic rings. The van der Waals surface area contributed by atoms with Crippen molar-refractivity contribution in [1.82, 2.24) is 10.2 Å². The van der Waals surface area contributed by atoms with Crippen molar-refractivity contribution in [2.24, 2.45) is 5.73 Å². The largest absolute Gasteiger partial charge is 0.353 e. The van der Waals surface area contributed by atoms with Crippen LogP contribution in [0.2, 0.25) is 0 Å². The second-order valence-corrected chi connectivity index (χ2v) is 7.34. The highest BCUT2D eigenvalue weighted by molar-refractivity contribution is 8.01. The lowest BCUT2D eigenvalue weighted by Crippen LogP contribution is -2.23. The van der Waals surface area contributed by atoms with Crippen LogP contribution in [-0.4, -0.2) is 30.3 Å². The predicted molar refractivity (Wildman–Crippen MR) is 87.7 cm³/mol. The highest BCUT2D eigenvalue weighted by atomic mass is 32.2.